The van der Waals surface area contributed by atoms with E-state index in [-0.39, 0.29) is 18.4 Å². The number of hydrogen-bond acceptors (Lipinski definition) is 5. The van der Waals surface area contributed by atoms with E-state index in [1.165, 1.54) is 43.4 Å². The first-order valence-electron chi connectivity index (χ1n) is 11.7. The van der Waals surface area contributed by atoms with Crippen molar-refractivity contribution in [2.24, 2.45) is 10.9 Å². The maximum Gasteiger partial charge on any atom is 0.368 e. The highest BCUT2D eigenvalue weighted by Gasteiger charge is 2.34. The van der Waals surface area contributed by atoms with Crippen molar-refractivity contribution in [2.75, 3.05) is 24.6 Å². The summed E-state index contributed by atoms with van der Waals surface area (Å²) in [5, 5.41) is 22.5. The van der Waals surface area contributed by atoms with Crippen molar-refractivity contribution in [3.63, 3.8) is 0 Å². The van der Waals surface area contributed by atoms with Crippen molar-refractivity contribution in [3.8, 4) is 0 Å². The number of fused-ring (bicyclic) bond motifs is 1. The lowest BCUT2D eigenvalue weighted by Crippen LogP contribution is -2.54. The van der Waals surface area contributed by atoms with E-state index in [0.29, 0.717) is 17.8 Å². The molecule has 3 aliphatic rings. The van der Waals surface area contributed by atoms with Crippen LogP contribution in [-0.4, -0.2) is 52.9 Å². The predicted octanol–water partition coefficient (Wildman–Crippen LogP) is 2.68. The molecule has 1 aromatic rings. The molecule has 164 valence electrons. The molecule has 6 heteroatoms. The average Bonchev–Trinajstić information content (AvgIpc) is 3.21. The molecule has 2 fully saturated rings. The summed E-state index contributed by atoms with van der Waals surface area (Å²) >= 11 is 0. The van der Waals surface area contributed by atoms with Crippen LogP contribution in [0.5, 0.6) is 0 Å². The quantitative estimate of drug-likeness (QED) is 0.427. The number of anilines is 1. The van der Waals surface area contributed by atoms with Gasteiger partial charge >= 0.3 is 5.90 Å². The molecule has 4 rings (SSSR count). The summed E-state index contributed by atoms with van der Waals surface area (Å²) in [6, 6.07) is 3.08. The van der Waals surface area contributed by atoms with Crippen LogP contribution in [0.1, 0.15) is 68.7 Å². The topological polar surface area (TPSA) is 83.7 Å². The van der Waals surface area contributed by atoms with Crippen molar-refractivity contribution >= 4 is 11.7 Å². The third kappa shape index (κ3) is 4.70. The summed E-state index contributed by atoms with van der Waals surface area (Å²) < 4.78 is 0. The normalized spacial score (nSPS) is 25.4. The third-order valence-corrected chi connectivity index (χ3v) is 6.91. The predicted molar refractivity (Wildman–Crippen MR) is 122 cm³/mol. The number of aliphatic imine (C=N–C) groups is 1. The molecular weight excluding hydrogens is 376 g/mol. The van der Waals surface area contributed by atoms with Crippen molar-refractivity contribution in [1.82, 2.24) is 10.3 Å². The molecular formula is C24H37N4O2+. The molecule has 6 nitrogen and oxygen atoms in total. The van der Waals surface area contributed by atoms with Crippen LogP contribution < -0.4 is 10.2 Å². The standard InChI is InChI=1S/C24H36N4O2/c1-16(2)25-24(30)20-13-17-7-6-10-21(17)27-23(20)28-12-11-22(18(14-28)15-29)26-19-8-4-3-5-9-19/h13,18-19,22,26,29H,1,3-12,14-15H2,2H3,(H,25,30)/p+1. The van der Waals surface area contributed by atoms with E-state index < -0.39 is 0 Å². The van der Waals surface area contributed by atoms with Gasteiger partial charge in [0.05, 0.1) is 0 Å². The minimum Gasteiger partial charge on any atom is -0.578 e. The van der Waals surface area contributed by atoms with Crippen LogP contribution in [0.15, 0.2) is 23.3 Å². The van der Waals surface area contributed by atoms with E-state index in [1.54, 1.807) is 0 Å². The second kappa shape index (κ2) is 9.48. The van der Waals surface area contributed by atoms with Gasteiger partial charge in [-0.3, -0.25) is 0 Å². The number of aliphatic hydroxyl groups is 1. The lowest BCUT2D eigenvalue weighted by Gasteiger charge is -2.41. The smallest absolute Gasteiger partial charge is 0.368 e. The summed E-state index contributed by atoms with van der Waals surface area (Å²) in [5.41, 5.74) is 3.85. The maximum atomic E-state index is 10.1. The van der Waals surface area contributed by atoms with Gasteiger partial charge in [-0.15, -0.1) is 0 Å². The first-order valence-corrected chi connectivity index (χ1v) is 11.7. The summed E-state index contributed by atoms with van der Waals surface area (Å²) in [5.74, 6) is 1.28. The Balaban J connectivity index is 1.55. The fourth-order valence-corrected chi connectivity index (χ4v) is 5.33. The van der Waals surface area contributed by atoms with Gasteiger partial charge < -0.3 is 20.4 Å². The Morgan fingerprint density at radius 2 is 2.07 bits per heavy atom. The van der Waals surface area contributed by atoms with Crippen molar-refractivity contribution in [1.29, 1.82) is 0 Å². The van der Waals surface area contributed by atoms with Gasteiger partial charge in [-0.2, -0.15) is 4.99 Å². The molecule has 1 aromatic heterocycles. The van der Waals surface area contributed by atoms with Crippen LogP contribution in [0, 0.1) is 5.92 Å². The van der Waals surface area contributed by atoms with Crippen LogP contribution in [0.4, 0.5) is 5.82 Å². The zero-order valence-corrected chi connectivity index (χ0v) is 18.3. The second-order valence-corrected chi connectivity index (χ2v) is 9.30. The minimum absolute atomic E-state index is 0.175. The highest BCUT2D eigenvalue weighted by atomic mass is 16.3. The van der Waals surface area contributed by atoms with Crippen LogP contribution in [-0.2, 0) is 12.8 Å². The second-order valence-electron chi connectivity index (χ2n) is 9.30. The number of nitrogens with zero attached hydrogens (tertiary/aromatic N) is 3. The van der Waals surface area contributed by atoms with Crippen LogP contribution in [0.3, 0.4) is 0 Å². The lowest BCUT2D eigenvalue weighted by atomic mass is 9.89. The number of aryl methyl sites for hydroxylation is 2. The molecule has 0 aromatic carbocycles. The number of pyridine rings is 1. The fraction of sp³-hybridized carbons (Fsp3) is 0.667. The van der Waals surface area contributed by atoms with Crippen LogP contribution in [0.25, 0.3) is 0 Å². The number of allylic oxidation sites excluding steroid dienone is 1. The molecule has 0 amide bonds. The number of aliphatic hydroxyl groups excluding tert-OH is 1. The van der Waals surface area contributed by atoms with Gasteiger partial charge in [0.1, 0.15) is 11.4 Å². The van der Waals surface area contributed by atoms with Gasteiger partial charge in [-0.05, 0) is 57.1 Å². The molecule has 1 saturated carbocycles. The maximum absolute atomic E-state index is 10.1. The summed E-state index contributed by atoms with van der Waals surface area (Å²) in [6.45, 7) is 7.49. The molecule has 2 aliphatic carbocycles. The van der Waals surface area contributed by atoms with E-state index in [1.807, 2.05) is 6.92 Å². The van der Waals surface area contributed by atoms with Gasteiger partial charge in [-0.25, -0.2) is 4.98 Å². The number of piperidine rings is 1. The largest absolute Gasteiger partial charge is 0.578 e. The van der Waals surface area contributed by atoms with Crippen molar-refractivity contribution in [3.05, 3.63) is 35.2 Å². The van der Waals surface area contributed by atoms with E-state index >= 15 is 0 Å². The minimum atomic E-state index is 0.175. The lowest BCUT2D eigenvalue weighted by molar-refractivity contribution is 0.159. The fourth-order valence-electron chi connectivity index (χ4n) is 5.33. The highest BCUT2D eigenvalue weighted by Crippen LogP contribution is 2.31. The number of aromatic nitrogens is 1. The molecule has 1 saturated heterocycles. The first-order chi connectivity index (χ1) is 14.5. The molecule has 0 radical (unpaired) electrons. The number of nitrogens with one attached hydrogen (secondary N) is 1. The Hall–Kier alpha value is -1.92. The van der Waals surface area contributed by atoms with Gasteiger partial charge in [0.25, 0.3) is 0 Å². The SMILES string of the molecule is C=C(C)N=C([OH2+])c1cc2c(nc1N1CCC(NC3CCCCC3)C(CO)C1)CCC2. The van der Waals surface area contributed by atoms with Gasteiger partial charge in [-0.1, -0.05) is 25.8 Å². The molecule has 0 spiro atoms. The molecule has 4 N–H and O–H groups in total. The summed E-state index contributed by atoms with van der Waals surface area (Å²) in [6.07, 6.45) is 10.7. The third-order valence-electron chi connectivity index (χ3n) is 6.91. The van der Waals surface area contributed by atoms with E-state index in [4.69, 9.17) is 10.1 Å². The number of rotatable bonds is 6. The van der Waals surface area contributed by atoms with Crippen LogP contribution >= 0.6 is 0 Å². The van der Waals surface area contributed by atoms with E-state index in [0.717, 1.165) is 50.2 Å². The van der Waals surface area contributed by atoms with Gasteiger partial charge in [0.2, 0.25) is 0 Å². The molecule has 2 heterocycles. The molecule has 2 unspecified atom stereocenters. The zero-order valence-electron chi connectivity index (χ0n) is 18.3. The zero-order chi connectivity index (χ0) is 21.1. The number of hydrogen-bond donors (Lipinski definition) is 2. The monoisotopic (exact) mass is 413 g/mol. The Labute approximate surface area is 180 Å². The van der Waals surface area contributed by atoms with Gasteiger partial charge in [0, 0.05) is 49.1 Å². The van der Waals surface area contributed by atoms with Gasteiger partial charge in [0.15, 0.2) is 0 Å². The van der Waals surface area contributed by atoms with Crippen molar-refractivity contribution in [2.45, 2.75) is 76.8 Å². The average molecular weight is 414 g/mol. The van der Waals surface area contributed by atoms with Crippen LogP contribution in [0.2, 0.25) is 0 Å². The highest BCUT2D eigenvalue weighted by molar-refractivity contribution is 5.98. The van der Waals surface area contributed by atoms with E-state index in [2.05, 4.69) is 27.9 Å². The molecule has 1 aliphatic heterocycles. The van der Waals surface area contributed by atoms with E-state index in [9.17, 15) is 5.11 Å². The molecule has 30 heavy (non-hydrogen) atoms. The molecule has 2 atom stereocenters. The summed E-state index contributed by atoms with van der Waals surface area (Å²) in [7, 11) is 0. The Bertz CT molecular complexity index is 801. The first kappa shape index (κ1) is 21.3. The Morgan fingerprint density at radius 3 is 2.80 bits per heavy atom. The summed E-state index contributed by atoms with van der Waals surface area (Å²) in [4.78, 5) is 11.6. The molecule has 0 bridgehead atoms. The Morgan fingerprint density at radius 1 is 1.27 bits per heavy atom. The Kier molecular flexibility index (Phi) is 6.74. The van der Waals surface area contributed by atoms with Crippen molar-refractivity contribution < 1.29 is 10.2 Å².